The SMILES string of the molecule is CCC/C(C)=C/C(C)(C)CC(=O)N1CCC[C@H]1CO. The fourth-order valence-electron chi connectivity index (χ4n) is 3.03. The highest BCUT2D eigenvalue weighted by atomic mass is 16.3. The Morgan fingerprint density at radius 3 is 2.74 bits per heavy atom. The van der Waals surface area contributed by atoms with Crippen LogP contribution in [0.15, 0.2) is 11.6 Å². The van der Waals surface area contributed by atoms with Crippen LogP contribution in [0.3, 0.4) is 0 Å². The molecule has 1 amide bonds. The second-order valence-electron chi connectivity index (χ2n) is 6.47. The standard InChI is InChI=1S/C16H29NO2/c1-5-7-13(2)10-16(3,4)11-15(19)17-9-6-8-14(17)12-18/h10,14,18H,5-9,11-12H2,1-4H3/b13-10+/t14-/m0/s1. The van der Waals surface area contributed by atoms with Gasteiger partial charge in [-0.05, 0) is 31.6 Å². The molecule has 1 aliphatic rings. The molecule has 1 rings (SSSR count). The molecule has 0 saturated carbocycles. The van der Waals surface area contributed by atoms with Crippen LogP contribution in [0.25, 0.3) is 0 Å². The number of rotatable bonds is 6. The minimum absolute atomic E-state index is 0.0454. The molecule has 1 N–H and O–H groups in total. The van der Waals surface area contributed by atoms with Gasteiger partial charge < -0.3 is 10.0 Å². The van der Waals surface area contributed by atoms with Crippen molar-refractivity contribution in [2.75, 3.05) is 13.2 Å². The lowest BCUT2D eigenvalue weighted by atomic mass is 9.86. The first-order valence-corrected chi connectivity index (χ1v) is 7.48. The predicted octanol–water partition coefficient (Wildman–Crippen LogP) is 3.13. The van der Waals surface area contributed by atoms with Crippen LogP contribution in [0.2, 0.25) is 0 Å². The number of carbonyl (C=O) groups excluding carboxylic acids is 1. The molecule has 110 valence electrons. The number of hydrogen-bond donors (Lipinski definition) is 1. The van der Waals surface area contributed by atoms with Gasteiger partial charge in [-0.1, -0.05) is 38.8 Å². The molecule has 0 aromatic heterocycles. The van der Waals surface area contributed by atoms with E-state index in [1.165, 1.54) is 5.57 Å². The summed E-state index contributed by atoms with van der Waals surface area (Å²) in [6, 6.07) is 0.0454. The second-order valence-corrected chi connectivity index (χ2v) is 6.47. The molecule has 1 fully saturated rings. The molecule has 1 aliphatic heterocycles. The molecule has 19 heavy (non-hydrogen) atoms. The molecule has 0 spiro atoms. The van der Waals surface area contributed by atoms with Gasteiger partial charge in [0.05, 0.1) is 12.6 Å². The number of amides is 1. The summed E-state index contributed by atoms with van der Waals surface area (Å²) >= 11 is 0. The monoisotopic (exact) mass is 267 g/mol. The van der Waals surface area contributed by atoms with Crippen LogP contribution in [0.5, 0.6) is 0 Å². The van der Waals surface area contributed by atoms with Crippen LogP contribution in [0, 0.1) is 5.41 Å². The Labute approximate surface area is 117 Å². The van der Waals surface area contributed by atoms with Gasteiger partial charge in [-0.25, -0.2) is 0 Å². The minimum Gasteiger partial charge on any atom is -0.394 e. The average molecular weight is 267 g/mol. The molecule has 0 unspecified atom stereocenters. The molecule has 3 nitrogen and oxygen atoms in total. The molecule has 0 aromatic carbocycles. The van der Waals surface area contributed by atoms with Gasteiger partial charge in [0, 0.05) is 13.0 Å². The van der Waals surface area contributed by atoms with E-state index in [1.54, 1.807) is 0 Å². The summed E-state index contributed by atoms with van der Waals surface area (Å²) in [6.45, 7) is 9.45. The van der Waals surface area contributed by atoms with Gasteiger partial charge in [0.1, 0.15) is 0 Å². The lowest BCUT2D eigenvalue weighted by Gasteiger charge is -2.28. The van der Waals surface area contributed by atoms with Gasteiger partial charge in [-0.3, -0.25) is 4.79 Å². The normalized spacial score (nSPS) is 21.0. The maximum absolute atomic E-state index is 12.4. The van der Waals surface area contributed by atoms with Gasteiger partial charge in [-0.15, -0.1) is 0 Å². The van der Waals surface area contributed by atoms with E-state index < -0.39 is 0 Å². The number of hydrogen-bond acceptors (Lipinski definition) is 2. The lowest BCUT2D eigenvalue weighted by molar-refractivity contribution is -0.134. The smallest absolute Gasteiger partial charge is 0.223 e. The third-order valence-electron chi connectivity index (χ3n) is 3.80. The van der Waals surface area contributed by atoms with Gasteiger partial charge >= 0.3 is 0 Å². The molecule has 0 radical (unpaired) electrons. The Bertz CT molecular complexity index is 334. The number of aliphatic hydroxyl groups is 1. The molecule has 0 aromatic rings. The first-order valence-electron chi connectivity index (χ1n) is 7.48. The summed E-state index contributed by atoms with van der Waals surface area (Å²) in [5, 5.41) is 9.29. The Hall–Kier alpha value is -0.830. The zero-order valence-corrected chi connectivity index (χ0v) is 12.9. The van der Waals surface area contributed by atoms with Crippen molar-refractivity contribution in [1.29, 1.82) is 0 Å². The summed E-state index contributed by atoms with van der Waals surface area (Å²) in [4.78, 5) is 14.2. The summed E-state index contributed by atoms with van der Waals surface area (Å²) in [5.74, 6) is 0.182. The quantitative estimate of drug-likeness (QED) is 0.751. The fraction of sp³-hybridized carbons (Fsp3) is 0.812. The van der Waals surface area contributed by atoms with E-state index >= 15 is 0 Å². The first-order chi connectivity index (χ1) is 8.89. The summed E-state index contributed by atoms with van der Waals surface area (Å²) < 4.78 is 0. The molecule has 1 heterocycles. The highest BCUT2D eigenvalue weighted by molar-refractivity contribution is 5.77. The van der Waals surface area contributed by atoms with Crippen LogP contribution in [-0.2, 0) is 4.79 Å². The van der Waals surface area contributed by atoms with E-state index in [0.29, 0.717) is 6.42 Å². The van der Waals surface area contributed by atoms with E-state index in [9.17, 15) is 9.90 Å². The maximum atomic E-state index is 12.4. The van der Waals surface area contributed by atoms with Crippen molar-refractivity contribution in [1.82, 2.24) is 4.90 Å². The molecule has 1 saturated heterocycles. The second kappa shape index (κ2) is 7.09. The van der Waals surface area contributed by atoms with Crippen molar-refractivity contribution in [3.8, 4) is 0 Å². The number of aliphatic hydroxyl groups excluding tert-OH is 1. The fourth-order valence-corrected chi connectivity index (χ4v) is 3.03. The van der Waals surface area contributed by atoms with Crippen LogP contribution < -0.4 is 0 Å². The minimum atomic E-state index is -0.0983. The van der Waals surface area contributed by atoms with Crippen molar-refractivity contribution < 1.29 is 9.90 Å². The van der Waals surface area contributed by atoms with Crippen molar-refractivity contribution in [3.05, 3.63) is 11.6 Å². The molecular weight excluding hydrogens is 238 g/mol. The van der Waals surface area contributed by atoms with E-state index in [0.717, 1.165) is 32.2 Å². The molecule has 1 atom stereocenters. The third-order valence-corrected chi connectivity index (χ3v) is 3.80. The summed E-state index contributed by atoms with van der Waals surface area (Å²) in [6.07, 6.45) is 6.96. The zero-order valence-electron chi connectivity index (χ0n) is 12.9. The van der Waals surface area contributed by atoms with E-state index in [1.807, 2.05) is 4.90 Å². The first kappa shape index (κ1) is 16.2. The zero-order chi connectivity index (χ0) is 14.5. The number of likely N-dealkylation sites (tertiary alicyclic amines) is 1. The number of nitrogens with zero attached hydrogens (tertiary/aromatic N) is 1. The van der Waals surface area contributed by atoms with E-state index in [2.05, 4.69) is 33.8 Å². The molecule has 3 heteroatoms. The third kappa shape index (κ3) is 4.98. The van der Waals surface area contributed by atoms with Crippen molar-refractivity contribution in [2.24, 2.45) is 5.41 Å². The van der Waals surface area contributed by atoms with Crippen LogP contribution in [0.1, 0.15) is 59.8 Å². The number of allylic oxidation sites excluding steroid dienone is 2. The highest BCUT2D eigenvalue weighted by Gasteiger charge is 2.31. The van der Waals surface area contributed by atoms with Gasteiger partial charge in [-0.2, -0.15) is 0 Å². The van der Waals surface area contributed by atoms with Gasteiger partial charge in [0.2, 0.25) is 5.91 Å². The van der Waals surface area contributed by atoms with Crippen LogP contribution in [-0.4, -0.2) is 35.1 Å². The molecule has 0 aliphatic carbocycles. The maximum Gasteiger partial charge on any atom is 0.223 e. The van der Waals surface area contributed by atoms with Crippen molar-refractivity contribution in [2.45, 2.75) is 65.8 Å². The van der Waals surface area contributed by atoms with E-state index in [-0.39, 0.29) is 24.0 Å². The van der Waals surface area contributed by atoms with Crippen molar-refractivity contribution >= 4 is 5.91 Å². The van der Waals surface area contributed by atoms with Crippen LogP contribution >= 0.6 is 0 Å². The van der Waals surface area contributed by atoms with Crippen molar-refractivity contribution in [3.63, 3.8) is 0 Å². The highest BCUT2D eigenvalue weighted by Crippen LogP contribution is 2.28. The Morgan fingerprint density at radius 2 is 2.16 bits per heavy atom. The predicted molar refractivity (Wildman–Crippen MR) is 78.9 cm³/mol. The van der Waals surface area contributed by atoms with E-state index in [4.69, 9.17) is 0 Å². The van der Waals surface area contributed by atoms with Gasteiger partial charge in [0.25, 0.3) is 0 Å². The Kier molecular flexibility index (Phi) is 6.05. The molecular formula is C16H29NO2. The largest absolute Gasteiger partial charge is 0.394 e. The lowest BCUT2D eigenvalue weighted by Crippen LogP contribution is -2.39. The molecule has 0 bridgehead atoms. The summed E-state index contributed by atoms with van der Waals surface area (Å²) in [7, 11) is 0. The Balaban J connectivity index is 2.62. The average Bonchev–Trinajstić information content (AvgIpc) is 2.75. The topological polar surface area (TPSA) is 40.5 Å². The summed E-state index contributed by atoms with van der Waals surface area (Å²) in [5.41, 5.74) is 1.26. The number of carbonyl (C=O) groups is 1. The Morgan fingerprint density at radius 1 is 1.47 bits per heavy atom. The van der Waals surface area contributed by atoms with Gasteiger partial charge in [0.15, 0.2) is 0 Å². The van der Waals surface area contributed by atoms with Crippen LogP contribution in [0.4, 0.5) is 0 Å².